The number of benzene rings is 1. The first-order chi connectivity index (χ1) is 6.04. The highest BCUT2D eigenvalue weighted by Gasteiger charge is 2.12. The van der Waals surface area contributed by atoms with E-state index in [9.17, 15) is 4.79 Å². The Morgan fingerprint density at radius 1 is 1.38 bits per heavy atom. The molecule has 0 atom stereocenters. The molecule has 2 N–H and O–H groups in total. The van der Waals surface area contributed by atoms with Crippen molar-refractivity contribution in [1.82, 2.24) is 0 Å². The third-order valence-corrected chi connectivity index (χ3v) is 2.26. The predicted octanol–water partition coefficient (Wildman–Crippen LogP) is 2.03. The van der Waals surface area contributed by atoms with Crippen molar-refractivity contribution < 1.29 is 4.79 Å². The molecule has 0 heterocycles. The number of para-hydroxylation sites is 1. The highest BCUT2D eigenvalue weighted by Crippen LogP contribution is 2.25. The molecule has 0 unspecified atom stereocenters. The summed E-state index contributed by atoms with van der Waals surface area (Å²) >= 11 is 4.01. The number of nitrogens with two attached hydrogens (primary N) is 1. The van der Waals surface area contributed by atoms with Crippen LogP contribution in [-0.4, -0.2) is 6.03 Å². The SMILES string of the molecule is Cc1cccc(C)c1N(S)C(N)=O. The lowest BCUT2D eigenvalue weighted by Crippen LogP contribution is -2.28. The van der Waals surface area contributed by atoms with Gasteiger partial charge in [0, 0.05) is 0 Å². The third-order valence-electron chi connectivity index (χ3n) is 1.86. The summed E-state index contributed by atoms with van der Waals surface area (Å²) in [6, 6.07) is 5.18. The zero-order valence-corrected chi connectivity index (χ0v) is 8.51. The van der Waals surface area contributed by atoms with Gasteiger partial charge in [0.05, 0.1) is 5.69 Å². The molecule has 0 aliphatic heterocycles. The Balaban J connectivity index is 3.20. The minimum atomic E-state index is -0.569. The Hall–Kier alpha value is -1.16. The molecule has 0 saturated heterocycles. The van der Waals surface area contributed by atoms with Gasteiger partial charge in [0.25, 0.3) is 0 Å². The molecule has 0 bridgehead atoms. The van der Waals surface area contributed by atoms with Crippen LogP contribution in [0.4, 0.5) is 10.5 Å². The normalized spacial score (nSPS) is 9.77. The number of nitrogens with zero attached hydrogens (tertiary/aromatic N) is 1. The number of amides is 2. The van der Waals surface area contributed by atoms with E-state index in [1.807, 2.05) is 32.0 Å². The fourth-order valence-corrected chi connectivity index (χ4v) is 1.57. The van der Waals surface area contributed by atoms with Crippen LogP contribution in [0, 0.1) is 13.8 Å². The molecule has 1 aromatic rings. The number of carbonyl (C=O) groups is 1. The van der Waals surface area contributed by atoms with Crippen molar-refractivity contribution in [2.75, 3.05) is 4.31 Å². The Kier molecular flexibility index (Phi) is 2.83. The van der Waals surface area contributed by atoms with E-state index in [0.29, 0.717) is 0 Å². The van der Waals surface area contributed by atoms with Crippen molar-refractivity contribution in [3.63, 3.8) is 0 Å². The summed E-state index contributed by atoms with van der Waals surface area (Å²) in [5, 5.41) is 0. The highest BCUT2D eigenvalue weighted by atomic mass is 32.1. The van der Waals surface area contributed by atoms with E-state index in [0.717, 1.165) is 21.1 Å². The maximum Gasteiger partial charge on any atom is 0.329 e. The Labute approximate surface area is 83.1 Å². The molecule has 0 radical (unpaired) electrons. The quantitative estimate of drug-likeness (QED) is 0.663. The lowest BCUT2D eigenvalue weighted by molar-refractivity contribution is 0.257. The van der Waals surface area contributed by atoms with Crippen LogP contribution in [0.3, 0.4) is 0 Å². The molecule has 1 rings (SSSR count). The second kappa shape index (κ2) is 3.70. The fourth-order valence-electron chi connectivity index (χ4n) is 1.25. The number of hydrogen-bond acceptors (Lipinski definition) is 2. The summed E-state index contributed by atoms with van der Waals surface area (Å²) in [6.45, 7) is 3.82. The topological polar surface area (TPSA) is 46.3 Å². The molecule has 0 spiro atoms. The molecule has 0 aliphatic carbocycles. The molecule has 0 saturated carbocycles. The zero-order chi connectivity index (χ0) is 10.0. The largest absolute Gasteiger partial charge is 0.350 e. The van der Waals surface area contributed by atoms with Crippen molar-refractivity contribution in [2.45, 2.75) is 13.8 Å². The third kappa shape index (κ3) is 1.95. The van der Waals surface area contributed by atoms with Gasteiger partial charge < -0.3 is 5.73 Å². The smallest absolute Gasteiger partial charge is 0.329 e. The van der Waals surface area contributed by atoms with Gasteiger partial charge in [0.15, 0.2) is 0 Å². The second-order valence-electron chi connectivity index (χ2n) is 2.89. The van der Waals surface area contributed by atoms with Gasteiger partial charge in [0.1, 0.15) is 0 Å². The Morgan fingerprint density at radius 2 is 1.85 bits per heavy atom. The van der Waals surface area contributed by atoms with Crippen LogP contribution in [0.1, 0.15) is 11.1 Å². The number of rotatable bonds is 1. The molecule has 3 nitrogen and oxygen atoms in total. The molecule has 70 valence electrons. The Bertz CT molecular complexity index is 318. The van der Waals surface area contributed by atoms with Crippen LogP contribution in [0.15, 0.2) is 18.2 Å². The molecule has 1 aromatic carbocycles. The Morgan fingerprint density at radius 3 is 2.23 bits per heavy atom. The van der Waals surface area contributed by atoms with Gasteiger partial charge in [-0.25, -0.2) is 9.10 Å². The number of thiol groups is 1. The number of anilines is 1. The first-order valence-electron chi connectivity index (χ1n) is 3.88. The van der Waals surface area contributed by atoms with Crippen LogP contribution in [0.5, 0.6) is 0 Å². The van der Waals surface area contributed by atoms with Crippen molar-refractivity contribution in [3.8, 4) is 0 Å². The average molecular weight is 196 g/mol. The van der Waals surface area contributed by atoms with Crippen LogP contribution in [0.25, 0.3) is 0 Å². The monoisotopic (exact) mass is 196 g/mol. The van der Waals surface area contributed by atoms with E-state index in [4.69, 9.17) is 5.73 Å². The maximum atomic E-state index is 10.9. The van der Waals surface area contributed by atoms with Crippen LogP contribution in [0.2, 0.25) is 0 Å². The van der Waals surface area contributed by atoms with E-state index in [1.54, 1.807) is 0 Å². The van der Waals surface area contributed by atoms with E-state index >= 15 is 0 Å². The number of urea groups is 1. The number of primary amides is 1. The van der Waals surface area contributed by atoms with Gasteiger partial charge >= 0.3 is 6.03 Å². The second-order valence-corrected chi connectivity index (χ2v) is 3.29. The zero-order valence-electron chi connectivity index (χ0n) is 7.61. The van der Waals surface area contributed by atoms with Gasteiger partial charge in [-0.2, -0.15) is 0 Å². The summed E-state index contributed by atoms with van der Waals surface area (Å²) in [6.07, 6.45) is 0. The molecule has 2 amide bonds. The minimum absolute atomic E-state index is 0.569. The summed E-state index contributed by atoms with van der Waals surface area (Å²) < 4.78 is 1.16. The fraction of sp³-hybridized carbons (Fsp3) is 0.222. The van der Waals surface area contributed by atoms with Crippen molar-refractivity contribution >= 4 is 24.5 Å². The molecule has 0 fully saturated rings. The first-order valence-corrected chi connectivity index (χ1v) is 4.28. The van der Waals surface area contributed by atoms with Crippen molar-refractivity contribution in [3.05, 3.63) is 29.3 Å². The number of aryl methyl sites for hydroxylation is 2. The highest BCUT2D eigenvalue weighted by molar-refractivity contribution is 7.82. The molecule has 0 aliphatic rings. The van der Waals surface area contributed by atoms with E-state index in [1.165, 1.54) is 0 Å². The van der Waals surface area contributed by atoms with E-state index in [-0.39, 0.29) is 0 Å². The van der Waals surface area contributed by atoms with Crippen LogP contribution >= 0.6 is 12.8 Å². The summed E-state index contributed by atoms with van der Waals surface area (Å²) in [7, 11) is 0. The summed E-state index contributed by atoms with van der Waals surface area (Å²) in [4.78, 5) is 10.9. The summed E-state index contributed by atoms with van der Waals surface area (Å²) in [5.74, 6) is 0. The molecule has 4 heteroatoms. The molecular formula is C9H12N2OS. The molecule has 13 heavy (non-hydrogen) atoms. The maximum absolute atomic E-state index is 10.9. The van der Waals surface area contributed by atoms with Crippen LogP contribution < -0.4 is 10.0 Å². The van der Waals surface area contributed by atoms with Gasteiger partial charge in [0.2, 0.25) is 0 Å². The minimum Gasteiger partial charge on any atom is -0.350 e. The first kappa shape index (κ1) is 9.92. The lowest BCUT2D eigenvalue weighted by atomic mass is 10.1. The van der Waals surface area contributed by atoms with E-state index in [2.05, 4.69) is 12.8 Å². The van der Waals surface area contributed by atoms with Crippen LogP contribution in [-0.2, 0) is 0 Å². The lowest BCUT2D eigenvalue weighted by Gasteiger charge is -2.17. The van der Waals surface area contributed by atoms with Gasteiger partial charge in [-0.05, 0) is 25.0 Å². The average Bonchev–Trinajstić information content (AvgIpc) is 2.03. The predicted molar refractivity (Wildman–Crippen MR) is 57.0 cm³/mol. The molecule has 0 aromatic heterocycles. The summed E-state index contributed by atoms with van der Waals surface area (Å²) in [5.41, 5.74) is 7.84. The van der Waals surface area contributed by atoms with E-state index < -0.39 is 6.03 Å². The number of carbonyl (C=O) groups excluding carboxylic acids is 1. The molecular weight excluding hydrogens is 184 g/mol. The van der Waals surface area contributed by atoms with Gasteiger partial charge in [-0.3, -0.25) is 0 Å². The van der Waals surface area contributed by atoms with Crippen molar-refractivity contribution in [2.24, 2.45) is 5.73 Å². The van der Waals surface area contributed by atoms with Crippen molar-refractivity contribution in [1.29, 1.82) is 0 Å². The van der Waals surface area contributed by atoms with Gasteiger partial charge in [-0.1, -0.05) is 31.0 Å². The standard InChI is InChI=1S/C9H12N2OS/c1-6-4-3-5-7(2)8(6)11(13)9(10)12/h3-5,13H,1-2H3,(H2,10,12). The van der Waals surface area contributed by atoms with Gasteiger partial charge in [-0.15, -0.1) is 0 Å². The number of hydrogen-bond donors (Lipinski definition) is 2.